The molecule has 104 valence electrons. The van der Waals surface area contributed by atoms with Crippen LogP contribution in [-0.2, 0) is 4.79 Å². The van der Waals surface area contributed by atoms with Crippen LogP contribution in [0.15, 0.2) is 47.4 Å². The molecule has 2 aromatic carbocycles. The number of carbonyl (C=O) groups is 1. The summed E-state index contributed by atoms with van der Waals surface area (Å²) in [5.74, 6) is 0.226. The highest BCUT2D eigenvalue weighted by Gasteiger charge is 2.07. The Bertz CT molecular complexity index is 631. The van der Waals surface area contributed by atoms with E-state index in [1.807, 2.05) is 31.2 Å². The first-order valence-corrected chi connectivity index (χ1v) is 7.46. The van der Waals surface area contributed by atoms with Gasteiger partial charge in [-0.3, -0.25) is 4.79 Å². The number of nitrogens with one attached hydrogen (secondary N) is 1. The minimum atomic E-state index is -0.104. The highest BCUT2D eigenvalue weighted by atomic mass is 35.5. The van der Waals surface area contributed by atoms with Gasteiger partial charge < -0.3 is 11.1 Å². The summed E-state index contributed by atoms with van der Waals surface area (Å²) in [6, 6.07) is 13.0. The fourth-order valence-electron chi connectivity index (χ4n) is 1.68. The molecule has 0 bridgehead atoms. The van der Waals surface area contributed by atoms with Gasteiger partial charge in [0.05, 0.1) is 17.1 Å². The molecule has 0 fully saturated rings. The summed E-state index contributed by atoms with van der Waals surface area (Å²) in [5.41, 5.74) is 8.00. The Labute approximate surface area is 127 Å². The van der Waals surface area contributed by atoms with Crippen molar-refractivity contribution in [1.82, 2.24) is 0 Å². The zero-order chi connectivity index (χ0) is 14.5. The normalized spacial score (nSPS) is 10.3. The minimum absolute atomic E-state index is 0.104. The lowest BCUT2D eigenvalue weighted by Crippen LogP contribution is -2.15. The summed E-state index contributed by atoms with van der Waals surface area (Å²) in [5, 5.41) is 3.31. The number of halogens is 1. The molecule has 20 heavy (non-hydrogen) atoms. The van der Waals surface area contributed by atoms with Gasteiger partial charge in [-0.15, -0.1) is 11.8 Å². The summed E-state index contributed by atoms with van der Waals surface area (Å²) >= 11 is 7.38. The number of hydrogen-bond donors (Lipinski definition) is 2. The Morgan fingerprint density at radius 2 is 2.05 bits per heavy atom. The Kier molecular flexibility index (Phi) is 4.93. The Balaban J connectivity index is 1.96. The highest BCUT2D eigenvalue weighted by Crippen LogP contribution is 2.25. The molecule has 0 heterocycles. The van der Waals surface area contributed by atoms with E-state index in [9.17, 15) is 4.79 Å². The van der Waals surface area contributed by atoms with E-state index in [0.29, 0.717) is 22.2 Å². The maximum Gasteiger partial charge on any atom is 0.234 e. The molecule has 2 rings (SSSR count). The summed E-state index contributed by atoms with van der Waals surface area (Å²) in [6.45, 7) is 2.02. The van der Waals surface area contributed by atoms with E-state index in [0.717, 1.165) is 10.5 Å². The zero-order valence-corrected chi connectivity index (χ0v) is 12.6. The number of hydrogen-bond acceptors (Lipinski definition) is 3. The van der Waals surface area contributed by atoms with E-state index in [4.69, 9.17) is 17.3 Å². The van der Waals surface area contributed by atoms with Crippen LogP contribution in [0.3, 0.4) is 0 Å². The maximum atomic E-state index is 11.9. The van der Waals surface area contributed by atoms with Crippen molar-refractivity contribution in [2.24, 2.45) is 0 Å². The van der Waals surface area contributed by atoms with Gasteiger partial charge in [0, 0.05) is 9.92 Å². The van der Waals surface area contributed by atoms with Crippen molar-refractivity contribution in [3.05, 3.63) is 53.1 Å². The number of carbonyl (C=O) groups excluding carboxylic acids is 1. The van der Waals surface area contributed by atoms with Crippen molar-refractivity contribution in [1.29, 1.82) is 0 Å². The second-order valence-electron chi connectivity index (χ2n) is 4.33. The molecule has 0 aliphatic carbocycles. The van der Waals surface area contributed by atoms with Crippen molar-refractivity contribution < 1.29 is 4.79 Å². The van der Waals surface area contributed by atoms with Gasteiger partial charge in [0.25, 0.3) is 0 Å². The van der Waals surface area contributed by atoms with Gasteiger partial charge in [-0.1, -0.05) is 29.8 Å². The molecule has 0 unspecified atom stereocenters. The molecular weight excluding hydrogens is 292 g/mol. The van der Waals surface area contributed by atoms with Crippen LogP contribution in [-0.4, -0.2) is 11.7 Å². The van der Waals surface area contributed by atoms with Crippen LogP contribution in [0.4, 0.5) is 11.4 Å². The molecule has 2 aromatic rings. The number of nitrogens with two attached hydrogens (primary N) is 1. The number of rotatable bonds is 4. The second kappa shape index (κ2) is 6.68. The molecule has 0 spiro atoms. The van der Waals surface area contributed by atoms with E-state index in [1.54, 1.807) is 18.2 Å². The second-order valence-corrected chi connectivity index (χ2v) is 5.79. The van der Waals surface area contributed by atoms with Crippen LogP contribution in [0.2, 0.25) is 5.02 Å². The quantitative estimate of drug-likeness (QED) is 0.664. The predicted molar refractivity (Wildman–Crippen MR) is 86.4 cm³/mol. The van der Waals surface area contributed by atoms with Crippen molar-refractivity contribution in [2.45, 2.75) is 11.8 Å². The first-order chi connectivity index (χ1) is 9.56. The molecule has 0 radical (unpaired) electrons. The maximum absolute atomic E-state index is 11.9. The van der Waals surface area contributed by atoms with Crippen molar-refractivity contribution in [2.75, 3.05) is 16.8 Å². The number of amides is 1. The number of aryl methyl sites for hydroxylation is 1. The summed E-state index contributed by atoms with van der Waals surface area (Å²) in [6.07, 6.45) is 0. The monoisotopic (exact) mass is 306 g/mol. The molecule has 0 aromatic heterocycles. The van der Waals surface area contributed by atoms with Gasteiger partial charge in [-0.05, 0) is 36.8 Å². The molecule has 0 saturated carbocycles. The van der Waals surface area contributed by atoms with E-state index in [-0.39, 0.29) is 5.91 Å². The zero-order valence-electron chi connectivity index (χ0n) is 11.0. The standard InChI is InChI=1S/C15H15ClN2OS/c1-10-4-2-3-5-14(10)20-9-15(19)18-13-8-11(16)6-7-12(13)17/h2-8H,9,17H2,1H3,(H,18,19). The Morgan fingerprint density at radius 1 is 1.30 bits per heavy atom. The molecule has 0 aliphatic rings. The van der Waals surface area contributed by atoms with E-state index in [2.05, 4.69) is 5.32 Å². The number of anilines is 2. The van der Waals surface area contributed by atoms with Gasteiger partial charge in [0.1, 0.15) is 0 Å². The van der Waals surface area contributed by atoms with Crippen LogP contribution in [0, 0.1) is 6.92 Å². The van der Waals surface area contributed by atoms with E-state index in [1.165, 1.54) is 11.8 Å². The van der Waals surface area contributed by atoms with Crippen LogP contribution >= 0.6 is 23.4 Å². The number of thioether (sulfide) groups is 1. The fraction of sp³-hybridized carbons (Fsp3) is 0.133. The molecular formula is C15H15ClN2OS. The third-order valence-corrected chi connectivity index (χ3v) is 4.15. The van der Waals surface area contributed by atoms with Crippen molar-refractivity contribution >= 4 is 40.6 Å². The van der Waals surface area contributed by atoms with Crippen molar-refractivity contribution in [3.63, 3.8) is 0 Å². The van der Waals surface area contributed by atoms with Crippen LogP contribution in [0.1, 0.15) is 5.56 Å². The Hall–Kier alpha value is -1.65. The van der Waals surface area contributed by atoms with Gasteiger partial charge in [0.2, 0.25) is 5.91 Å². The molecule has 5 heteroatoms. The highest BCUT2D eigenvalue weighted by molar-refractivity contribution is 8.00. The SMILES string of the molecule is Cc1ccccc1SCC(=O)Nc1cc(Cl)ccc1N. The first-order valence-electron chi connectivity index (χ1n) is 6.09. The third-order valence-electron chi connectivity index (χ3n) is 2.74. The molecule has 1 amide bonds. The summed E-state index contributed by atoms with van der Waals surface area (Å²) in [4.78, 5) is 13.0. The van der Waals surface area contributed by atoms with Crippen LogP contribution < -0.4 is 11.1 Å². The Morgan fingerprint density at radius 3 is 2.80 bits per heavy atom. The topological polar surface area (TPSA) is 55.1 Å². The lowest BCUT2D eigenvalue weighted by Gasteiger charge is -2.09. The molecule has 0 aliphatic heterocycles. The van der Waals surface area contributed by atoms with Gasteiger partial charge in [-0.2, -0.15) is 0 Å². The van der Waals surface area contributed by atoms with Crippen LogP contribution in [0.5, 0.6) is 0 Å². The molecule has 3 N–H and O–H groups in total. The van der Waals surface area contributed by atoms with E-state index >= 15 is 0 Å². The first kappa shape index (κ1) is 14.8. The lowest BCUT2D eigenvalue weighted by atomic mass is 10.2. The molecule has 3 nitrogen and oxygen atoms in total. The fourth-order valence-corrected chi connectivity index (χ4v) is 2.69. The van der Waals surface area contributed by atoms with Gasteiger partial charge >= 0.3 is 0 Å². The largest absolute Gasteiger partial charge is 0.397 e. The summed E-state index contributed by atoms with van der Waals surface area (Å²) in [7, 11) is 0. The summed E-state index contributed by atoms with van der Waals surface area (Å²) < 4.78 is 0. The van der Waals surface area contributed by atoms with Crippen molar-refractivity contribution in [3.8, 4) is 0 Å². The average Bonchev–Trinajstić information content (AvgIpc) is 2.42. The minimum Gasteiger partial charge on any atom is -0.397 e. The number of benzene rings is 2. The molecule has 0 saturated heterocycles. The predicted octanol–water partition coefficient (Wildman–Crippen LogP) is 3.96. The van der Waals surface area contributed by atoms with Crippen LogP contribution in [0.25, 0.3) is 0 Å². The smallest absolute Gasteiger partial charge is 0.234 e. The molecule has 0 atom stereocenters. The average molecular weight is 307 g/mol. The van der Waals surface area contributed by atoms with Gasteiger partial charge in [0.15, 0.2) is 0 Å². The van der Waals surface area contributed by atoms with E-state index < -0.39 is 0 Å². The third kappa shape index (κ3) is 3.92. The van der Waals surface area contributed by atoms with Gasteiger partial charge in [-0.25, -0.2) is 0 Å². The number of nitrogen functional groups attached to an aromatic ring is 1. The lowest BCUT2D eigenvalue weighted by molar-refractivity contribution is -0.113.